The topological polar surface area (TPSA) is 50.4 Å². The summed E-state index contributed by atoms with van der Waals surface area (Å²) < 4.78 is 5.09. The van der Waals surface area contributed by atoms with Crippen LogP contribution in [0.5, 0.6) is 5.75 Å². The fourth-order valence-corrected chi connectivity index (χ4v) is 1.43. The first-order valence-corrected chi connectivity index (χ1v) is 6.93. The van der Waals surface area contributed by atoms with Gasteiger partial charge in [-0.05, 0) is 44.4 Å². The molecule has 0 heterocycles. The van der Waals surface area contributed by atoms with Crippen molar-refractivity contribution >= 4 is 23.5 Å². The Labute approximate surface area is 112 Å². The van der Waals surface area contributed by atoms with Gasteiger partial charge in [0, 0.05) is 17.0 Å². The quantitative estimate of drug-likeness (QED) is 0.863. The summed E-state index contributed by atoms with van der Waals surface area (Å²) in [5, 5.41) is 5.62. The Kier molecular flexibility index (Phi) is 5.34. The lowest BCUT2D eigenvalue weighted by Crippen LogP contribution is -2.38. The fraction of sp³-hybridized carbons (Fsp3) is 0.462. The van der Waals surface area contributed by atoms with Crippen molar-refractivity contribution in [2.75, 3.05) is 25.2 Å². The summed E-state index contributed by atoms with van der Waals surface area (Å²) in [5.41, 5.74) is 0.746. The van der Waals surface area contributed by atoms with Gasteiger partial charge in [-0.1, -0.05) is 0 Å². The SMILES string of the molecule is COc1ccc(NC(=O)NCC(C)(C)SC)cc1. The van der Waals surface area contributed by atoms with Crippen molar-refractivity contribution in [2.45, 2.75) is 18.6 Å². The van der Waals surface area contributed by atoms with Gasteiger partial charge < -0.3 is 15.4 Å². The molecule has 0 fully saturated rings. The second-order valence-electron chi connectivity index (χ2n) is 4.50. The van der Waals surface area contributed by atoms with Crippen LogP contribution in [0.2, 0.25) is 0 Å². The van der Waals surface area contributed by atoms with E-state index in [2.05, 4.69) is 24.5 Å². The van der Waals surface area contributed by atoms with Crippen molar-refractivity contribution in [1.82, 2.24) is 5.32 Å². The van der Waals surface area contributed by atoms with Crippen LogP contribution in [0.25, 0.3) is 0 Å². The third-order valence-corrected chi connectivity index (χ3v) is 3.82. The van der Waals surface area contributed by atoms with Gasteiger partial charge in [0.15, 0.2) is 0 Å². The number of amides is 2. The maximum atomic E-state index is 11.7. The van der Waals surface area contributed by atoms with Crippen molar-refractivity contribution < 1.29 is 9.53 Å². The highest BCUT2D eigenvalue weighted by molar-refractivity contribution is 7.99. The van der Waals surface area contributed by atoms with Crippen molar-refractivity contribution in [3.8, 4) is 5.75 Å². The molecule has 0 aromatic heterocycles. The van der Waals surface area contributed by atoms with Crippen LogP contribution in [0.3, 0.4) is 0 Å². The van der Waals surface area contributed by atoms with Gasteiger partial charge in [-0.15, -0.1) is 0 Å². The Bertz CT molecular complexity index is 390. The average molecular weight is 268 g/mol. The first kappa shape index (κ1) is 14.7. The van der Waals surface area contributed by atoms with E-state index in [4.69, 9.17) is 4.74 Å². The number of hydrogen-bond donors (Lipinski definition) is 2. The number of ether oxygens (including phenoxy) is 1. The summed E-state index contributed by atoms with van der Waals surface area (Å²) in [5.74, 6) is 0.768. The smallest absolute Gasteiger partial charge is 0.319 e. The monoisotopic (exact) mass is 268 g/mol. The maximum Gasteiger partial charge on any atom is 0.319 e. The van der Waals surface area contributed by atoms with Crippen molar-refractivity contribution in [3.05, 3.63) is 24.3 Å². The largest absolute Gasteiger partial charge is 0.497 e. The highest BCUT2D eigenvalue weighted by Crippen LogP contribution is 2.19. The predicted octanol–water partition coefficient (Wildman–Crippen LogP) is 2.96. The number of urea groups is 1. The first-order chi connectivity index (χ1) is 8.46. The number of hydrogen-bond acceptors (Lipinski definition) is 3. The predicted molar refractivity (Wildman–Crippen MR) is 77.6 cm³/mol. The zero-order valence-corrected chi connectivity index (χ0v) is 12.1. The van der Waals surface area contributed by atoms with Crippen LogP contribution in [0, 0.1) is 0 Å². The minimum Gasteiger partial charge on any atom is -0.497 e. The normalized spacial score (nSPS) is 10.9. The van der Waals surface area contributed by atoms with E-state index in [1.165, 1.54) is 0 Å². The van der Waals surface area contributed by atoms with Crippen molar-refractivity contribution in [2.24, 2.45) is 0 Å². The Balaban J connectivity index is 2.44. The van der Waals surface area contributed by atoms with Crippen LogP contribution >= 0.6 is 11.8 Å². The number of benzene rings is 1. The molecule has 0 spiro atoms. The minimum absolute atomic E-state index is 0.0389. The van der Waals surface area contributed by atoms with E-state index < -0.39 is 0 Å². The third kappa shape index (κ3) is 4.87. The van der Waals surface area contributed by atoms with E-state index in [-0.39, 0.29) is 10.8 Å². The number of rotatable bonds is 5. The molecule has 0 unspecified atom stereocenters. The van der Waals surface area contributed by atoms with Crippen LogP contribution in [-0.2, 0) is 0 Å². The van der Waals surface area contributed by atoms with E-state index >= 15 is 0 Å². The van der Waals surface area contributed by atoms with Gasteiger partial charge in [0.05, 0.1) is 7.11 Å². The lowest BCUT2D eigenvalue weighted by Gasteiger charge is -2.22. The summed E-state index contributed by atoms with van der Waals surface area (Å²) in [4.78, 5) is 11.7. The molecule has 0 aliphatic rings. The molecule has 0 radical (unpaired) electrons. The second kappa shape index (κ2) is 6.54. The Morgan fingerprint density at radius 1 is 1.33 bits per heavy atom. The minimum atomic E-state index is -0.192. The lowest BCUT2D eigenvalue weighted by atomic mass is 10.2. The summed E-state index contributed by atoms with van der Waals surface area (Å²) in [6, 6.07) is 7.03. The molecule has 18 heavy (non-hydrogen) atoms. The molecule has 0 aliphatic carbocycles. The van der Waals surface area contributed by atoms with Crippen molar-refractivity contribution in [3.63, 3.8) is 0 Å². The molecule has 0 atom stereocenters. The average Bonchev–Trinajstić information content (AvgIpc) is 2.37. The van der Waals surface area contributed by atoms with E-state index in [0.29, 0.717) is 6.54 Å². The molecule has 1 rings (SSSR count). The zero-order chi connectivity index (χ0) is 13.6. The van der Waals surface area contributed by atoms with Gasteiger partial charge in [0.25, 0.3) is 0 Å². The van der Waals surface area contributed by atoms with E-state index in [1.807, 2.05) is 6.26 Å². The van der Waals surface area contributed by atoms with Gasteiger partial charge in [0.2, 0.25) is 0 Å². The van der Waals surface area contributed by atoms with Gasteiger partial charge in [0.1, 0.15) is 5.75 Å². The highest BCUT2D eigenvalue weighted by Gasteiger charge is 2.16. The first-order valence-electron chi connectivity index (χ1n) is 5.71. The van der Waals surface area contributed by atoms with Crippen LogP contribution in [0.1, 0.15) is 13.8 Å². The molecular formula is C13H20N2O2S. The Morgan fingerprint density at radius 3 is 2.44 bits per heavy atom. The fourth-order valence-electron chi connectivity index (χ4n) is 1.21. The van der Waals surface area contributed by atoms with Gasteiger partial charge in [-0.3, -0.25) is 0 Å². The van der Waals surface area contributed by atoms with Gasteiger partial charge in [-0.2, -0.15) is 11.8 Å². The highest BCUT2D eigenvalue weighted by atomic mass is 32.2. The van der Waals surface area contributed by atoms with Gasteiger partial charge >= 0.3 is 6.03 Å². The molecule has 4 nitrogen and oxygen atoms in total. The summed E-state index contributed by atoms with van der Waals surface area (Å²) >= 11 is 1.72. The molecule has 1 aromatic carbocycles. The number of carbonyl (C=O) groups excluding carboxylic acids is 1. The van der Waals surface area contributed by atoms with E-state index in [1.54, 1.807) is 43.1 Å². The molecule has 0 aliphatic heterocycles. The third-order valence-electron chi connectivity index (χ3n) is 2.58. The van der Waals surface area contributed by atoms with Crippen LogP contribution in [-0.4, -0.2) is 30.7 Å². The molecule has 5 heteroatoms. The van der Waals surface area contributed by atoms with Crippen LogP contribution in [0.15, 0.2) is 24.3 Å². The zero-order valence-electron chi connectivity index (χ0n) is 11.2. The Morgan fingerprint density at radius 2 is 1.94 bits per heavy atom. The summed E-state index contributed by atoms with van der Waals surface area (Å²) in [6.07, 6.45) is 2.03. The Hall–Kier alpha value is -1.36. The molecule has 1 aromatic rings. The molecule has 2 amide bonds. The summed E-state index contributed by atoms with van der Waals surface area (Å²) in [6.45, 7) is 4.80. The molecular weight excluding hydrogens is 248 g/mol. The second-order valence-corrected chi connectivity index (χ2v) is 6.01. The number of anilines is 1. The molecule has 100 valence electrons. The number of methoxy groups -OCH3 is 1. The van der Waals surface area contributed by atoms with Crippen LogP contribution in [0.4, 0.5) is 10.5 Å². The summed E-state index contributed by atoms with van der Waals surface area (Å²) in [7, 11) is 1.61. The molecule has 0 bridgehead atoms. The molecule has 0 saturated carbocycles. The lowest BCUT2D eigenvalue weighted by molar-refractivity contribution is 0.251. The van der Waals surface area contributed by atoms with E-state index in [9.17, 15) is 4.79 Å². The van der Waals surface area contributed by atoms with Gasteiger partial charge in [-0.25, -0.2) is 4.79 Å². The van der Waals surface area contributed by atoms with Crippen LogP contribution < -0.4 is 15.4 Å². The van der Waals surface area contributed by atoms with E-state index in [0.717, 1.165) is 11.4 Å². The van der Waals surface area contributed by atoms with Crippen molar-refractivity contribution in [1.29, 1.82) is 0 Å². The number of nitrogens with one attached hydrogen (secondary N) is 2. The number of thioether (sulfide) groups is 1. The maximum absolute atomic E-state index is 11.7. The standard InChI is InChI=1S/C13H20N2O2S/c1-13(2,18-4)9-14-12(16)15-10-5-7-11(17-3)8-6-10/h5-8H,9H2,1-4H3,(H2,14,15,16). The number of carbonyl (C=O) groups is 1. The molecule has 0 saturated heterocycles. The molecule has 2 N–H and O–H groups in total.